The third-order valence-electron chi connectivity index (χ3n) is 5.57. The van der Waals surface area contributed by atoms with Crippen molar-refractivity contribution in [3.63, 3.8) is 0 Å². The Labute approximate surface area is 147 Å². The number of likely N-dealkylation sites (tertiary alicyclic amines) is 1. The minimum Gasteiger partial charge on any atom is -0.347 e. The van der Waals surface area contributed by atoms with Crippen LogP contribution >= 0.6 is 0 Å². The Morgan fingerprint density at radius 1 is 1.36 bits per heavy atom. The highest BCUT2D eigenvalue weighted by molar-refractivity contribution is 5.75. The first-order valence-electron chi connectivity index (χ1n) is 9.37. The van der Waals surface area contributed by atoms with E-state index in [-0.39, 0.29) is 24.0 Å². The molecule has 1 N–H and O–H groups in total. The van der Waals surface area contributed by atoms with Gasteiger partial charge in [-0.15, -0.1) is 10.2 Å². The van der Waals surface area contributed by atoms with Crippen LogP contribution in [0.1, 0.15) is 56.8 Å². The molecule has 1 spiro atoms. The summed E-state index contributed by atoms with van der Waals surface area (Å²) < 4.78 is 14.0. The minimum absolute atomic E-state index is 0.00191. The van der Waals surface area contributed by atoms with Crippen molar-refractivity contribution in [3.05, 3.63) is 12.2 Å². The normalized spacial score (nSPS) is 28.6. The van der Waals surface area contributed by atoms with Gasteiger partial charge >= 0.3 is 6.03 Å². The van der Waals surface area contributed by atoms with E-state index in [0.29, 0.717) is 13.2 Å². The monoisotopic (exact) mass is 349 g/mol. The number of aromatic nitrogens is 3. The molecule has 138 valence electrons. The van der Waals surface area contributed by atoms with Crippen LogP contribution in [0.25, 0.3) is 0 Å². The zero-order valence-electron chi connectivity index (χ0n) is 14.8. The third-order valence-corrected chi connectivity index (χ3v) is 5.57. The molecular weight excluding hydrogens is 322 g/mol. The SMILES string of the molecule is Cn1cnnc1C1CCCN1C(=O)NCC1COC2(CCCCC2)O1. The van der Waals surface area contributed by atoms with Crippen LogP contribution in [0, 0.1) is 0 Å². The highest BCUT2D eigenvalue weighted by Crippen LogP contribution is 2.37. The fourth-order valence-corrected chi connectivity index (χ4v) is 4.24. The molecule has 2 atom stereocenters. The van der Waals surface area contributed by atoms with Crippen molar-refractivity contribution in [2.75, 3.05) is 19.7 Å². The van der Waals surface area contributed by atoms with E-state index >= 15 is 0 Å². The number of nitrogens with zero attached hydrogens (tertiary/aromatic N) is 4. The zero-order valence-corrected chi connectivity index (χ0v) is 14.8. The van der Waals surface area contributed by atoms with Crippen molar-refractivity contribution in [1.82, 2.24) is 25.0 Å². The summed E-state index contributed by atoms with van der Waals surface area (Å²) in [5.74, 6) is 0.455. The van der Waals surface area contributed by atoms with E-state index in [2.05, 4.69) is 15.5 Å². The maximum Gasteiger partial charge on any atom is 0.318 e. The van der Waals surface area contributed by atoms with Crippen LogP contribution in [0.15, 0.2) is 6.33 Å². The number of carbonyl (C=O) groups excluding carboxylic acids is 1. The van der Waals surface area contributed by atoms with Crippen molar-refractivity contribution >= 4 is 6.03 Å². The maximum absolute atomic E-state index is 12.6. The summed E-state index contributed by atoms with van der Waals surface area (Å²) in [6.07, 6.45) is 9.04. The summed E-state index contributed by atoms with van der Waals surface area (Å²) in [6, 6.07) is -0.0587. The molecule has 8 heteroatoms. The molecule has 0 aromatic carbocycles. The summed E-state index contributed by atoms with van der Waals surface area (Å²) in [4.78, 5) is 14.5. The number of rotatable bonds is 3. The standard InChI is InChI=1S/C17H27N5O3/c1-21-12-19-20-15(21)14-6-5-9-22(14)16(23)18-10-13-11-24-17(25-13)7-3-2-4-8-17/h12-14H,2-11H2,1H3,(H,18,23). The summed E-state index contributed by atoms with van der Waals surface area (Å²) in [6.45, 7) is 1.80. The van der Waals surface area contributed by atoms with E-state index in [0.717, 1.165) is 50.9 Å². The maximum atomic E-state index is 12.6. The van der Waals surface area contributed by atoms with Crippen molar-refractivity contribution in [2.24, 2.45) is 7.05 Å². The molecule has 3 fully saturated rings. The average Bonchev–Trinajstić information content (AvgIpc) is 3.33. The topological polar surface area (TPSA) is 81.5 Å². The second kappa shape index (κ2) is 6.92. The van der Waals surface area contributed by atoms with Gasteiger partial charge in [-0.25, -0.2) is 4.79 Å². The Kier molecular flexibility index (Phi) is 4.64. The Bertz CT molecular complexity index is 613. The Balaban J connectivity index is 1.31. The number of urea groups is 1. The lowest BCUT2D eigenvalue weighted by molar-refractivity contribution is -0.186. The van der Waals surface area contributed by atoms with Gasteiger partial charge in [0.1, 0.15) is 12.4 Å². The van der Waals surface area contributed by atoms with E-state index in [1.54, 1.807) is 6.33 Å². The molecular formula is C17H27N5O3. The molecule has 0 radical (unpaired) electrons. The second-order valence-corrected chi connectivity index (χ2v) is 7.36. The van der Waals surface area contributed by atoms with Crippen LogP contribution in [-0.2, 0) is 16.5 Å². The fourth-order valence-electron chi connectivity index (χ4n) is 4.24. The minimum atomic E-state index is -0.386. The van der Waals surface area contributed by atoms with E-state index in [4.69, 9.17) is 9.47 Å². The molecule has 8 nitrogen and oxygen atoms in total. The molecule has 2 unspecified atom stereocenters. The molecule has 3 heterocycles. The van der Waals surface area contributed by atoms with Crippen LogP contribution in [-0.4, -0.2) is 57.3 Å². The van der Waals surface area contributed by atoms with Crippen molar-refractivity contribution in [3.8, 4) is 0 Å². The van der Waals surface area contributed by atoms with Crippen molar-refractivity contribution in [2.45, 2.75) is 62.9 Å². The molecule has 3 aliphatic rings. The van der Waals surface area contributed by atoms with Crippen LogP contribution in [0.2, 0.25) is 0 Å². The van der Waals surface area contributed by atoms with Crippen LogP contribution in [0.5, 0.6) is 0 Å². The predicted molar refractivity (Wildman–Crippen MR) is 89.7 cm³/mol. The van der Waals surface area contributed by atoms with Gasteiger partial charge in [0.05, 0.1) is 12.6 Å². The van der Waals surface area contributed by atoms with Gasteiger partial charge in [0, 0.05) is 33.0 Å². The molecule has 1 aromatic heterocycles. The Hall–Kier alpha value is -1.67. The second-order valence-electron chi connectivity index (χ2n) is 7.36. The Morgan fingerprint density at radius 3 is 2.96 bits per heavy atom. The number of hydrogen-bond donors (Lipinski definition) is 1. The van der Waals surface area contributed by atoms with Crippen molar-refractivity contribution < 1.29 is 14.3 Å². The number of nitrogens with one attached hydrogen (secondary N) is 1. The highest BCUT2D eigenvalue weighted by atomic mass is 16.7. The van der Waals surface area contributed by atoms with Gasteiger partial charge < -0.3 is 24.3 Å². The van der Waals surface area contributed by atoms with Gasteiger partial charge in [-0.2, -0.15) is 0 Å². The quantitative estimate of drug-likeness (QED) is 0.899. The molecule has 25 heavy (non-hydrogen) atoms. The van der Waals surface area contributed by atoms with Crippen molar-refractivity contribution in [1.29, 1.82) is 0 Å². The summed E-state index contributed by atoms with van der Waals surface area (Å²) in [5.41, 5.74) is 0. The number of carbonyl (C=O) groups is 1. The smallest absolute Gasteiger partial charge is 0.318 e. The van der Waals surface area contributed by atoms with Crippen LogP contribution < -0.4 is 5.32 Å². The van der Waals surface area contributed by atoms with E-state index in [9.17, 15) is 4.79 Å². The lowest BCUT2D eigenvalue weighted by Gasteiger charge is -2.31. The molecule has 2 saturated heterocycles. The molecule has 2 amide bonds. The summed E-state index contributed by atoms with van der Waals surface area (Å²) >= 11 is 0. The lowest BCUT2D eigenvalue weighted by atomic mass is 9.94. The van der Waals surface area contributed by atoms with Crippen LogP contribution in [0.4, 0.5) is 4.79 Å². The largest absolute Gasteiger partial charge is 0.347 e. The first-order valence-corrected chi connectivity index (χ1v) is 9.37. The lowest BCUT2D eigenvalue weighted by Crippen LogP contribution is -2.44. The van der Waals surface area contributed by atoms with E-state index < -0.39 is 0 Å². The number of amides is 2. The van der Waals surface area contributed by atoms with E-state index in [1.807, 2.05) is 16.5 Å². The zero-order chi connectivity index (χ0) is 17.3. The molecule has 1 saturated carbocycles. The number of aryl methyl sites for hydroxylation is 1. The molecule has 0 bridgehead atoms. The molecule has 1 aliphatic carbocycles. The molecule has 4 rings (SSSR count). The first-order chi connectivity index (χ1) is 12.2. The fraction of sp³-hybridized carbons (Fsp3) is 0.824. The van der Waals surface area contributed by atoms with Gasteiger partial charge in [-0.05, 0) is 25.7 Å². The predicted octanol–water partition coefficient (Wildman–Crippen LogP) is 1.74. The Morgan fingerprint density at radius 2 is 2.20 bits per heavy atom. The molecule has 1 aromatic rings. The average molecular weight is 349 g/mol. The number of hydrogen-bond acceptors (Lipinski definition) is 5. The summed E-state index contributed by atoms with van der Waals surface area (Å²) in [7, 11) is 1.91. The van der Waals surface area contributed by atoms with Crippen LogP contribution in [0.3, 0.4) is 0 Å². The van der Waals surface area contributed by atoms with Gasteiger partial charge in [-0.1, -0.05) is 6.42 Å². The first kappa shape index (κ1) is 16.8. The third kappa shape index (κ3) is 3.37. The van der Waals surface area contributed by atoms with Gasteiger partial charge in [0.15, 0.2) is 11.6 Å². The van der Waals surface area contributed by atoms with Gasteiger partial charge in [-0.3, -0.25) is 0 Å². The van der Waals surface area contributed by atoms with E-state index in [1.165, 1.54) is 6.42 Å². The number of ether oxygens (including phenoxy) is 2. The van der Waals surface area contributed by atoms with Gasteiger partial charge in [0.2, 0.25) is 0 Å². The molecule has 2 aliphatic heterocycles. The highest BCUT2D eigenvalue weighted by Gasteiger charge is 2.42. The summed E-state index contributed by atoms with van der Waals surface area (Å²) in [5, 5.41) is 11.1. The van der Waals surface area contributed by atoms with Gasteiger partial charge in [0.25, 0.3) is 0 Å².